The Labute approximate surface area is 160 Å². The van der Waals surface area contributed by atoms with Crippen LogP contribution in [0.1, 0.15) is 18.1 Å². The Bertz CT molecular complexity index is 944. The predicted octanol–water partition coefficient (Wildman–Crippen LogP) is 3.05. The topological polar surface area (TPSA) is 83.9 Å². The van der Waals surface area contributed by atoms with E-state index in [2.05, 4.69) is 15.9 Å². The number of nitrogens with zero attached hydrogens (tertiary/aromatic N) is 1. The number of ether oxygens (including phenoxy) is 1. The zero-order valence-electron chi connectivity index (χ0n) is 14.1. The summed E-state index contributed by atoms with van der Waals surface area (Å²) in [4.78, 5) is 11.7. The lowest BCUT2D eigenvalue weighted by Crippen LogP contribution is -2.48. The zero-order chi connectivity index (χ0) is 18.9. The normalized spacial score (nSPS) is 17.5. The Balaban J connectivity index is 2.11. The molecule has 2 aromatic rings. The lowest BCUT2D eigenvalue weighted by Gasteiger charge is -2.33. The molecule has 0 aliphatic carbocycles. The maximum Gasteiger partial charge on any atom is 0.322 e. The van der Waals surface area contributed by atoms with Gasteiger partial charge in [-0.15, -0.1) is 0 Å². The molecule has 0 aromatic heterocycles. The summed E-state index contributed by atoms with van der Waals surface area (Å²) in [5, 5.41) is 9.63. The largest absolute Gasteiger partial charge is 0.492 e. The number of hydrogen-bond donors (Lipinski definition) is 1. The summed E-state index contributed by atoms with van der Waals surface area (Å²) in [6, 6.07) is 10.8. The molecule has 1 heterocycles. The minimum Gasteiger partial charge on any atom is -0.492 e. The van der Waals surface area contributed by atoms with Crippen molar-refractivity contribution in [2.75, 3.05) is 6.61 Å². The molecule has 3 rings (SSSR count). The monoisotopic (exact) mass is 439 g/mol. The van der Waals surface area contributed by atoms with Gasteiger partial charge in [-0.2, -0.15) is 4.31 Å². The minimum atomic E-state index is -4.08. The quantitative estimate of drug-likeness (QED) is 0.773. The highest BCUT2D eigenvalue weighted by molar-refractivity contribution is 9.10. The number of hydrogen-bond acceptors (Lipinski definition) is 4. The van der Waals surface area contributed by atoms with Crippen LogP contribution >= 0.6 is 15.9 Å². The fourth-order valence-electron chi connectivity index (χ4n) is 3.05. The van der Waals surface area contributed by atoms with Gasteiger partial charge >= 0.3 is 5.97 Å². The number of rotatable bonds is 5. The number of carboxylic acids is 1. The third kappa shape index (κ3) is 3.49. The summed E-state index contributed by atoms with van der Waals surface area (Å²) >= 11 is 3.28. The predicted molar refractivity (Wildman–Crippen MR) is 99.6 cm³/mol. The minimum absolute atomic E-state index is 0.00749. The van der Waals surface area contributed by atoms with Crippen molar-refractivity contribution in [1.82, 2.24) is 4.31 Å². The molecule has 0 bridgehead atoms. The van der Waals surface area contributed by atoms with Crippen molar-refractivity contribution < 1.29 is 23.1 Å². The van der Waals surface area contributed by atoms with Crippen LogP contribution in [0, 0.1) is 0 Å². The zero-order valence-corrected chi connectivity index (χ0v) is 16.5. The number of fused-ring (bicyclic) bond motifs is 1. The molecule has 8 heteroatoms. The van der Waals surface area contributed by atoms with Crippen molar-refractivity contribution in [1.29, 1.82) is 0 Å². The molecule has 1 aliphatic heterocycles. The Hall–Kier alpha value is -1.90. The van der Waals surface area contributed by atoms with Gasteiger partial charge in [0.2, 0.25) is 10.0 Å². The van der Waals surface area contributed by atoms with Gasteiger partial charge in [0.25, 0.3) is 0 Å². The first kappa shape index (κ1) is 18.9. The van der Waals surface area contributed by atoms with E-state index >= 15 is 0 Å². The molecule has 0 spiro atoms. The maximum absolute atomic E-state index is 13.3. The summed E-state index contributed by atoms with van der Waals surface area (Å²) in [7, 11) is -4.08. The standard InChI is InChI=1S/C18H18BrNO5S/c1-2-25-16-8-7-14(19)10-17(16)26(23,24)20-11-13-6-4-3-5-12(13)9-15(20)18(21)22/h3-8,10,15H,2,9,11H2,1H3,(H,21,22). The third-order valence-electron chi connectivity index (χ3n) is 4.28. The molecule has 1 atom stereocenters. The second-order valence-electron chi connectivity index (χ2n) is 5.90. The van der Waals surface area contributed by atoms with Gasteiger partial charge < -0.3 is 9.84 Å². The van der Waals surface area contributed by atoms with E-state index in [1.165, 1.54) is 6.07 Å². The molecule has 26 heavy (non-hydrogen) atoms. The van der Waals surface area contributed by atoms with Crippen LogP contribution in [0.3, 0.4) is 0 Å². The van der Waals surface area contributed by atoms with E-state index in [1.54, 1.807) is 19.1 Å². The highest BCUT2D eigenvalue weighted by Gasteiger charge is 2.40. The van der Waals surface area contributed by atoms with Crippen LogP contribution in [0.4, 0.5) is 0 Å². The van der Waals surface area contributed by atoms with E-state index < -0.39 is 22.0 Å². The van der Waals surface area contributed by atoms with Gasteiger partial charge in [0.1, 0.15) is 16.7 Å². The number of aliphatic carboxylic acids is 1. The molecule has 2 aromatic carbocycles. The van der Waals surface area contributed by atoms with Crippen molar-refractivity contribution >= 4 is 31.9 Å². The number of benzene rings is 2. The number of carbonyl (C=O) groups is 1. The van der Waals surface area contributed by atoms with Crippen molar-refractivity contribution in [3.05, 3.63) is 58.1 Å². The summed E-state index contributed by atoms with van der Waals surface area (Å²) in [5.74, 6) is -0.963. The average molecular weight is 440 g/mol. The summed E-state index contributed by atoms with van der Waals surface area (Å²) < 4.78 is 33.7. The van der Waals surface area contributed by atoms with Gasteiger partial charge in [0.15, 0.2) is 0 Å². The van der Waals surface area contributed by atoms with Gasteiger partial charge in [-0.05, 0) is 36.2 Å². The number of carboxylic acid groups (broad SMARTS) is 1. The molecule has 0 fully saturated rings. The number of halogens is 1. The van der Waals surface area contributed by atoms with Gasteiger partial charge in [0, 0.05) is 17.4 Å². The third-order valence-corrected chi connectivity index (χ3v) is 6.65. The Morgan fingerprint density at radius 2 is 1.96 bits per heavy atom. The van der Waals surface area contributed by atoms with E-state index in [9.17, 15) is 18.3 Å². The first-order valence-corrected chi connectivity index (χ1v) is 10.3. The lowest BCUT2D eigenvalue weighted by molar-refractivity contribution is -0.141. The molecule has 0 saturated carbocycles. The summed E-state index contributed by atoms with van der Waals surface area (Å²) in [5.41, 5.74) is 1.66. The van der Waals surface area contributed by atoms with E-state index in [0.717, 1.165) is 15.4 Å². The highest BCUT2D eigenvalue weighted by atomic mass is 79.9. The summed E-state index contributed by atoms with van der Waals surface area (Å²) in [6.45, 7) is 2.07. The first-order chi connectivity index (χ1) is 12.3. The van der Waals surface area contributed by atoms with Gasteiger partial charge in [-0.25, -0.2) is 8.42 Å². The fourth-order valence-corrected chi connectivity index (χ4v) is 5.28. The molecular weight excluding hydrogens is 422 g/mol. The Morgan fingerprint density at radius 1 is 1.27 bits per heavy atom. The number of sulfonamides is 1. The van der Waals surface area contributed by atoms with Crippen LogP contribution in [-0.2, 0) is 27.8 Å². The Kier molecular flexibility index (Phi) is 5.36. The van der Waals surface area contributed by atoms with Gasteiger partial charge in [-0.3, -0.25) is 4.79 Å². The lowest BCUT2D eigenvalue weighted by atomic mass is 9.96. The van der Waals surface area contributed by atoms with E-state index in [1.807, 2.05) is 24.3 Å². The smallest absolute Gasteiger partial charge is 0.322 e. The molecule has 1 aliphatic rings. The van der Waals surface area contributed by atoms with Crippen LogP contribution in [0.5, 0.6) is 5.75 Å². The van der Waals surface area contributed by atoms with Crippen molar-refractivity contribution in [2.45, 2.75) is 30.8 Å². The van der Waals surface area contributed by atoms with Crippen LogP contribution in [0.2, 0.25) is 0 Å². The first-order valence-electron chi connectivity index (χ1n) is 8.08. The molecule has 1 N–H and O–H groups in total. The fraction of sp³-hybridized carbons (Fsp3) is 0.278. The molecule has 138 valence electrons. The molecule has 0 amide bonds. The molecule has 0 radical (unpaired) electrons. The van der Waals surface area contributed by atoms with Crippen LogP contribution in [0.15, 0.2) is 51.8 Å². The second kappa shape index (κ2) is 7.38. The average Bonchev–Trinajstić information content (AvgIpc) is 2.62. The van der Waals surface area contributed by atoms with E-state index in [4.69, 9.17) is 4.74 Å². The highest BCUT2D eigenvalue weighted by Crippen LogP contribution is 2.34. The van der Waals surface area contributed by atoms with E-state index in [-0.39, 0.29) is 23.6 Å². The molecule has 6 nitrogen and oxygen atoms in total. The van der Waals surface area contributed by atoms with Crippen molar-refractivity contribution in [3.8, 4) is 5.75 Å². The van der Waals surface area contributed by atoms with Crippen LogP contribution in [0.25, 0.3) is 0 Å². The molecular formula is C18H18BrNO5S. The van der Waals surface area contributed by atoms with Crippen LogP contribution in [-0.4, -0.2) is 36.4 Å². The second-order valence-corrected chi connectivity index (χ2v) is 8.68. The molecule has 0 saturated heterocycles. The van der Waals surface area contributed by atoms with Gasteiger partial charge in [-0.1, -0.05) is 40.2 Å². The van der Waals surface area contributed by atoms with Gasteiger partial charge in [0.05, 0.1) is 6.61 Å². The maximum atomic E-state index is 13.3. The summed E-state index contributed by atoms with van der Waals surface area (Å²) in [6.07, 6.45) is 0.128. The van der Waals surface area contributed by atoms with Crippen molar-refractivity contribution in [3.63, 3.8) is 0 Å². The molecule has 1 unspecified atom stereocenters. The van der Waals surface area contributed by atoms with Crippen LogP contribution < -0.4 is 4.74 Å². The van der Waals surface area contributed by atoms with E-state index in [0.29, 0.717) is 11.1 Å². The Morgan fingerprint density at radius 3 is 2.62 bits per heavy atom. The van der Waals surface area contributed by atoms with Crippen molar-refractivity contribution in [2.24, 2.45) is 0 Å². The SMILES string of the molecule is CCOc1ccc(Br)cc1S(=O)(=O)N1Cc2ccccc2CC1C(=O)O.